The third-order valence-corrected chi connectivity index (χ3v) is 5.51. The van der Waals surface area contributed by atoms with Crippen molar-refractivity contribution >= 4 is 5.91 Å². The first-order valence-corrected chi connectivity index (χ1v) is 7.77. The molecule has 108 valence electrons. The summed E-state index contributed by atoms with van der Waals surface area (Å²) in [6.07, 6.45) is 7.54. The van der Waals surface area contributed by atoms with E-state index in [0.717, 1.165) is 18.9 Å². The second-order valence-electron chi connectivity index (χ2n) is 6.79. The standard InChI is InChI=1S/C15H26N2O2/c1-15(10-19-9-13(15)16)14(18)17-8-4-6-11-5-2-3-7-12(11)17/h11-13H,2-10,16H2,1H3/t11-,12-,13?,15?/m1/s1. The Labute approximate surface area is 115 Å². The predicted molar refractivity (Wildman–Crippen MR) is 73.6 cm³/mol. The van der Waals surface area contributed by atoms with Crippen molar-refractivity contribution in [1.82, 2.24) is 4.90 Å². The molecule has 4 heteroatoms. The molecule has 0 aromatic carbocycles. The van der Waals surface area contributed by atoms with Gasteiger partial charge in [-0.05, 0) is 38.5 Å². The summed E-state index contributed by atoms with van der Waals surface area (Å²) in [6, 6.07) is 0.323. The van der Waals surface area contributed by atoms with Crippen molar-refractivity contribution in [2.75, 3.05) is 19.8 Å². The van der Waals surface area contributed by atoms with Gasteiger partial charge in [-0.1, -0.05) is 12.8 Å². The molecule has 1 saturated carbocycles. The molecular formula is C15H26N2O2. The first kappa shape index (κ1) is 13.4. The van der Waals surface area contributed by atoms with Crippen LogP contribution in [0.4, 0.5) is 0 Å². The maximum atomic E-state index is 13.0. The van der Waals surface area contributed by atoms with Gasteiger partial charge in [-0.15, -0.1) is 0 Å². The van der Waals surface area contributed by atoms with Crippen molar-refractivity contribution in [2.45, 2.75) is 57.5 Å². The number of nitrogens with zero attached hydrogens (tertiary/aromatic N) is 1. The molecule has 0 radical (unpaired) electrons. The Bertz CT molecular complexity index is 358. The fourth-order valence-corrected chi connectivity index (χ4v) is 4.11. The zero-order chi connectivity index (χ0) is 13.5. The molecule has 0 bridgehead atoms. The zero-order valence-electron chi connectivity index (χ0n) is 11.9. The van der Waals surface area contributed by atoms with E-state index in [4.69, 9.17) is 10.5 Å². The largest absolute Gasteiger partial charge is 0.379 e. The fraction of sp³-hybridized carbons (Fsp3) is 0.933. The number of nitrogens with two attached hydrogens (primary N) is 1. The van der Waals surface area contributed by atoms with Crippen LogP contribution in [0.25, 0.3) is 0 Å². The second-order valence-corrected chi connectivity index (χ2v) is 6.79. The Hall–Kier alpha value is -0.610. The van der Waals surface area contributed by atoms with E-state index in [1.807, 2.05) is 6.92 Å². The van der Waals surface area contributed by atoms with Gasteiger partial charge in [0.2, 0.25) is 5.91 Å². The van der Waals surface area contributed by atoms with Crippen LogP contribution in [-0.4, -0.2) is 42.6 Å². The lowest BCUT2D eigenvalue weighted by molar-refractivity contribution is -0.148. The second kappa shape index (κ2) is 5.06. The highest BCUT2D eigenvalue weighted by atomic mass is 16.5. The molecule has 2 saturated heterocycles. The average Bonchev–Trinajstić information content (AvgIpc) is 2.78. The highest BCUT2D eigenvalue weighted by Crippen LogP contribution is 2.39. The van der Waals surface area contributed by atoms with Gasteiger partial charge >= 0.3 is 0 Å². The number of likely N-dealkylation sites (tertiary alicyclic amines) is 1. The lowest BCUT2D eigenvalue weighted by atomic mass is 9.76. The lowest BCUT2D eigenvalue weighted by Gasteiger charge is -2.47. The lowest BCUT2D eigenvalue weighted by Crippen LogP contribution is -2.58. The third-order valence-electron chi connectivity index (χ3n) is 5.51. The molecule has 2 aliphatic heterocycles. The monoisotopic (exact) mass is 266 g/mol. The fourth-order valence-electron chi connectivity index (χ4n) is 4.11. The first-order valence-electron chi connectivity index (χ1n) is 7.77. The summed E-state index contributed by atoms with van der Waals surface area (Å²) in [5, 5.41) is 0. The maximum Gasteiger partial charge on any atom is 0.232 e. The van der Waals surface area contributed by atoms with E-state index in [0.29, 0.717) is 19.3 Å². The predicted octanol–water partition coefficient (Wildman–Crippen LogP) is 1.53. The number of piperidine rings is 1. The summed E-state index contributed by atoms with van der Waals surface area (Å²) in [5.41, 5.74) is 5.62. The van der Waals surface area contributed by atoms with Gasteiger partial charge in [-0.2, -0.15) is 0 Å². The van der Waals surface area contributed by atoms with E-state index in [1.54, 1.807) is 0 Å². The summed E-state index contributed by atoms with van der Waals surface area (Å²) in [6.45, 7) is 3.91. The number of carbonyl (C=O) groups excluding carboxylic acids is 1. The SMILES string of the molecule is CC1(C(=O)N2CCC[C@H]3CCCC[C@H]32)COCC1N. The van der Waals surface area contributed by atoms with Gasteiger partial charge in [0.25, 0.3) is 0 Å². The summed E-state index contributed by atoms with van der Waals surface area (Å²) >= 11 is 0. The number of ether oxygens (including phenoxy) is 1. The van der Waals surface area contributed by atoms with E-state index in [9.17, 15) is 4.79 Å². The Balaban J connectivity index is 1.78. The molecule has 0 spiro atoms. The zero-order valence-corrected chi connectivity index (χ0v) is 11.9. The smallest absolute Gasteiger partial charge is 0.232 e. The highest BCUT2D eigenvalue weighted by molar-refractivity contribution is 5.84. The van der Waals surface area contributed by atoms with Crippen molar-refractivity contribution < 1.29 is 9.53 Å². The van der Waals surface area contributed by atoms with Crippen molar-refractivity contribution in [3.05, 3.63) is 0 Å². The molecule has 0 aromatic heterocycles. The van der Waals surface area contributed by atoms with Gasteiger partial charge in [0.05, 0.1) is 18.6 Å². The number of hydrogen-bond acceptors (Lipinski definition) is 3. The summed E-state index contributed by atoms with van der Waals surface area (Å²) in [4.78, 5) is 15.1. The maximum absolute atomic E-state index is 13.0. The molecule has 4 nitrogen and oxygen atoms in total. The van der Waals surface area contributed by atoms with Gasteiger partial charge in [0, 0.05) is 18.6 Å². The number of rotatable bonds is 1. The Kier molecular flexibility index (Phi) is 3.56. The van der Waals surface area contributed by atoms with Crippen LogP contribution in [0.2, 0.25) is 0 Å². The van der Waals surface area contributed by atoms with Gasteiger partial charge in [-0.25, -0.2) is 0 Å². The van der Waals surface area contributed by atoms with Crippen LogP contribution in [0.5, 0.6) is 0 Å². The van der Waals surface area contributed by atoms with Crippen LogP contribution < -0.4 is 5.73 Å². The molecule has 19 heavy (non-hydrogen) atoms. The minimum absolute atomic E-state index is 0.149. The number of hydrogen-bond donors (Lipinski definition) is 1. The average molecular weight is 266 g/mol. The number of amides is 1. The van der Waals surface area contributed by atoms with Crippen molar-refractivity contribution in [3.63, 3.8) is 0 Å². The van der Waals surface area contributed by atoms with E-state index < -0.39 is 5.41 Å². The topological polar surface area (TPSA) is 55.6 Å². The summed E-state index contributed by atoms with van der Waals surface area (Å²) in [7, 11) is 0. The molecule has 2 N–H and O–H groups in total. The Morgan fingerprint density at radius 3 is 2.74 bits per heavy atom. The summed E-state index contributed by atoms with van der Waals surface area (Å²) < 4.78 is 5.45. The van der Waals surface area contributed by atoms with Crippen LogP contribution in [0.15, 0.2) is 0 Å². The van der Waals surface area contributed by atoms with Gasteiger partial charge in [-0.3, -0.25) is 4.79 Å². The van der Waals surface area contributed by atoms with E-state index in [2.05, 4.69) is 4.90 Å². The van der Waals surface area contributed by atoms with Gasteiger partial charge < -0.3 is 15.4 Å². The Morgan fingerprint density at radius 2 is 2.00 bits per heavy atom. The normalized spacial score (nSPS) is 43.1. The number of fused-ring (bicyclic) bond motifs is 1. The quantitative estimate of drug-likeness (QED) is 0.783. The van der Waals surface area contributed by atoms with Crippen LogP contribution in [0.1, 0.15) is 45.4 Å². The van der Waals surface area contributed by atoms with Crippen molar-refractivity contribution in [3.8, 4) is 0 Å². The van der Waals surface area contributed by atoms with E-state index in [1.165, 1.54) is 32.1 Å². The van der Waals surface area contributed by atoms with Crippen molar-refractivity contribution in [1.29, 1.82) is 0 Å². The molecule has 3 aliphatic rings. The van der Waals surface area contributed by atoms with Crippen LogP contribution in [0, 0.1) is 11.3 Å². The minimum Gasteiger partial charge on any atom is -0.379 e. The van der Waals surface area contributed by atoms with Gasteiger partial charge in [0.1, 0.15) is 0 Å². The molecule has 4 atom stereocenters. The molecule has 3 rings (SSSR count). The summed E-state index contributed by atoms with van der Waals surface area (Å²) in [5.74, 6) is 0.975. The van der Waals surface area contributed by atoms with E-state index in [-0.39, 0.29) is 11.9 Å². The van der Waals surface area contributed by atoms with Crippen LogP contribution in [-0.2, 0) is 9.53 Å². The molecule has 0 aromatic rings. The number of carbonyl (C=O) groups is 1. The van der Waals surface area contributed by atoms with Gasteiger partial charge in [0.15, 0.2) is 0 Å². The third kappa shape index (κ3) is 2.19. The molecular weight excluding hydrogens is 240 g/mol. The minimum atomic E-state index is -0.501. The van der Waals surface area contributed by atoms with Crippen molar-refractivity contribution in [2.24, 2.45) is 17.1 Å². The Morgan fingerprint density at radius 1 is 1.26 bits per heavy atom. The molecule has 3 fully saturated rings. The highest BCUT2D eigenvalue weighted by Gasteiger charge is 2.49. The molecule has 2 unspecified atom stereocenters. The van der Waals surface area contributed by atoms with Crippen LogP contribution in [0.3, 0.4) is 0 Å². The van der Waals surface area contributed by atoms with Crippen LogP contribution >= 0.6 is 0 Å². The van der Waals surface area contributed by atoms with E-state index >= 15 is 0 Å². The first-order chi connectivity index (χ1) is 9.13. The molecule has 2 heterocycles. The molecule has 1 amide bonds. The molecule has 1 aliphatic carbocycles.